The molecule has 14 heavy (non-hydrogen) atoms. The van der Waals surface area contributed by atoms with Gasteiger partial charge < -0.3 is 15.6 Å². The maximum Gasteiger partial charge on any atom is 0.228 e. The summed E-state index contributed by atoms with van der Waals surface area (Å²) in [5.41, 5.74) is 0.703. The predicted molar refractivity (Wildman–Crippen MR) is 51.4 cm³/mol. The molecule has 1 aromatic heterocycles. The van der Waals surface area contributed by atoms with Gasteiger partial charge in [-0.1, -0.05) is 0 Å². The fraction of sp³-hybridized carbons (Fsp3) is 0.556. The van der Waals surface area contributed by atoms with Crippen LogP contribution in [0.2, 0.25) is 0 Å². The number of amides is 1. The standard InChI is InChI=1S/C9H14N4O/c1-9(4-11-5-9)8(14)12-3-7-2-10-6-13-7/h2,6,11H,3-5H2,1H3,(H,10,13)(H,12,14). The molecular formula is C9H14N4O. The number of nitrogens with zero attached hydrogens (tertiary/aromatic N) is 1. The zero-order valence-corrected chi connectivity index (χ0v) is 8.13. The average Bonchev–Trinajstić information content (AvgIpc) is 2.62. The Bertz CT molecular complexity index is 316. The molecule has 0 radical (unpaired) electrons. The second-order valence-electron chi connectivity index (χ2n) is 3.92. The molecule has 0 saturated carbocycles. The van der Waals surface area contributed by atoms with Crippen molar-refractivity contribution in [3.8, 4) is 0 Å². The second-order valence-corrected chi connectivity index (χ2v) is 3.92. The molecule has 1 aliphatic heterocycles. The molecule has 1 fully saturated rings. The van der Waals surface area contributed by atoms with Crippen LogP contribution in [0.5, 0.6) is 0 Å². The monoisotopic (exact) mass is 194 g/mol. The number of imidazole rings is 1. The molecule has 1 aliphatic rings. The van der Waals surface area contributed by atoms with E-state index in [1.54, 1.807) is 12.5 Å². The Hall–Kier alpha value is -1.36. The molecule has 0 aliphatic carbocycles. The first kappa shape index (κ1) is 9.21. The summed E-state index contributed by atoms with van der Waals surface area (Å²) in [5.74, 6) is 0.103. The molecule has 0 bridgehead atoms. The van der Waals surface area contributed by atoms with Crippen molar-refractivity contribution in [2.24, 2.45) is 5.41 Å². The smallest absolute Gasteiger partial charge is 0.228 e. The normalized spacial score (nSPS) is 18.6. The Kier molecular flexibility index (Phi) is 2.25. The van der Waals surface area contributed by atoms with Gasteiger partial charge in [0.1, 0.15) is 0 Å². The number of rotatable bonds is 3. The number of hydrogen-bond acceptors (Lipinski definition) is 3. The first-order chi connectivity index (χ1) is 6.71. The minimum Gasteiger partial charge on any atom is -0.350 e. The first-order valence-corrected chi connectivity index (χ1v) is 4.67. The third-order valence-electron chi connectivity index (χ3n) is 2.57. The highest BCUT2D eigenvalue weighted by atomic mass is 16.2. The molecule has 3 N–H and O–H groups in total. The van der Waals surface area contributed by atoms with Gasteiger partial charge >= 0.3 is 0 Å². The third kappa shape index (κ3) is 1.63. The van der Waals surface area contributed by atoms with Crippen LogP contribution in [-0.4, -0.2) is 29.0 Å². The highest BCUT2D eigenvalue weighted by molar-refractivity contribution is 5.83. The van der Waals surface area contributed by atoms with E-state index in [1.165, 1.54) is 0 Å². The average molecular weight is 194 g/mol. The van der Waals surface area contributed by atoms with E-state index in [9.17, 15) is 4.79 Å². The number of aromatic nitrogens is 2. The molecule has 0 spiro atoms. The maximum absolute atomic E-state index is 11.7. The van der Waals surface area contributed by atoms with Crippen LogP contribution in [0.3, 0.4) is 0 Å². The topological polar surface area (TPSA) is 69.8 Å². The van der Waals surface area contributed by atoms with Crippen molar-refractivity contribution in [1.29, 1.82) is 0 Å². The summed E-state index contributed by atoms with van der Waals surface area (Å²) in [6, 6.07) is 0. The van der Waals surface area contributed by atoms with E-state index >= 15 is 0 Å². The molecule has 76 valence electrons. The largest absolute Gasteiger partial charge is 0.350 e. The van der Waals surface area contributed by atoms with Gasteiger partial charge in [0.15, 0.2) is 0 Å². The van der Waals surface area contributed by atoms with E-state index in [4.69, 9.17) is 0 Å². The summed E-state index contributed by atoms with van der Waals surface area (Å²) in [7, 11) is 0. The van der Waals surface area contributed by atoms with Crippen molar-refractivity contribution in [2.75, 3.05) is 13.1 Å². The molecule has 1 amide bonds. The Balaban J connectivity index is 1.84. The van der Waals surface area contributed by atoms with E-state index in [1.807, 2.05) is 6.92 Å². The van der Waals surface area contributed by atoms with E-state index in [0.29, 0.717) is 6.54 Å². The van der Waals surface area contributed by atoms with Crippen molar-refractivity contribution in [3.05, 3.63) is 18.2 Å². The van der Waals surface area contributed by atoms with E-state index in [0.717, 1.165) is 18.8 Å². The lowest BCUT2D eigenvalue weighted by molar-refractivity contribution is -0.132. The van der Waals surface area contributed by atoms with Gasteiger partial charge in [-0.15, -0.1) is 0 Å². The number of aromatic amines is 1. The van der Waals surface area contributed by atoms with Gasteiger partial charge in [-0.3, -0.25) is 4.79 Å². The Morgan fingerprint density at radius 2 is 2.50 bits per heavy atom. The van der Waals surface area contributed by atoms with Gasteiger partial charge in [0.25, 0.3) is 0 Å². The summed E-state index contributed by atoms with van der Waals surface area (Å²) in [6.45, 7) is 4.02. The van der Waals surface area contributed by atoms with E-state index in [-0.39, 0.29) is 11.3 Å². The summed E-state index contributed by atoms with van der Waals surface area (Å²) in [4.78, 5) is 18.5. The van der Waals surface area contributed by atoms with Crippen molar-refractivity contribution in [1.82, 2.24) is 20.6 Å². The SMILES string of the molecule is CC1(C(=O)NCc2cnc[nH]2)CNC1. The van der Waals surface area contributed by atoms with Crippen LogP contribution < -0.4 is 10.6 Å². The minimum absolute atomic E-state index is 0.103. The second kappa shape index (κ2) is 3.42. The summed E-state index contributed by atoms with van der Waals surface area (Å²) < 4.78 is 0. The fourth-order valence-electron chi connectivity index (χ4n) is 1.43. The zero-order chi connectivity index (χ0) is 10.0. The Labute approximate surface area is 82.3 Å². The van der Waals surface area contributed by atoms with Crippen LogP contribution >= 0.6 is 0 Å². The van der Waals surface area contributed by atoms with Gasteiger partial charge in [0.2, 0.25) is 5.91 Å². The minimum atomic E-state index is -0.222. The summed E-state index contributed by atoms with van der Waals surface area (Å²) in [5, 5.41) is 5.97. The molecular weight excluding hydrogens is 180 g/mol. The van der Waals surface area contributed by atoms with Crippen molar-refractivity contribution < 1.29 is 4.79 Å². The molecule has 1 saturated heterocycles. The predicted octanol–water partition coefficient (Wildman–Crippen LogP) is -0.365. The van der Waals surface area contributed by atoms with Crippen molar-refractivity contribution in [2.45, 2.75) is 13.5 Å². The third-order valence-corrected chi connectivity index (χ3v) is 2.57. The number of hydrogen-bond donors (Lipinski definition) is 3. The number of nitrogens with one attached hydrogen (secondary N) is 3. The lowest BCUT2D eigenvalue weighted by Gasteiger charge is -2.37. The number of carbonyl (C=O) groups excluding carboxylic acids is 1. The summed E-state index contributed by atoms with van der Waals surface area (Å²) >= 11 is 0. The molecule has 2 rings (SSSR count). The zero-order valence-electron chi connectivity index (χ0n) is 8.13. The van der Waals surface area contributed by atoms with Crippen LogP contribution in [0.25, 0.3) is 0 Å². The highest BCUT2D eigenvalue weighted by Gasteiger charge is 2.38. The lowest BCUT2D eigenvalue weighted by atomic mass is 9.83. The summed E-state index contributed by atoms with van der Waals surface area (Å²) in [6.07, 6.45) is 3.32. The number of H-pyrrole nitrogens is 1. The maximum atomic E-state index is 11.7. The molecule has 5 heteroatoms. The van der Waals surface area contributed by atoms with Gasteiger partial charge in [-0.25, -0.2) is 4.98 Å². The van der Waals surface area contributed by atoms with Gasteiger partial charge in [0, 0.05) is 19.3 Å². The van der Waals surface area contributed by atoms with Gasteiger partial charge in [-0.2, -0.15) is 0 Å². The van der Waals surface area contributed by atoms with Crippen LogP contribution in [0.15, 0.2) is 12.5 Å². The van der Waals surface area contributed by atoms with Crippen LogP contribution in [0, 0.1) is 5.41 Å². The van der Waals surface area contributed by atoms with Crippen LogP contribution in [0.1, 0.15) is 12.6 Å². The Morgan fingerprint density at radius 1 is 1.71 bits per heavy atom. The first-order valence-electron chi connectivity index (χ1n) is 4.67. The van der Waals surface area contributed by atoms with Gasteiger partial charge in [0.05, 0.1) is 24.0 Å². The lowest BCUT2D eigenvalue weighted by Crippen LogP contribution is -2.59. The quantitative estimate of drug-likeness (QED) is 0.615. The van der Waals surface area contributed by atoms with E-state index < -0.39 is 0 Å². The van der Waals surface area contributed by atoms with Crippen LogP contribution in [-0.2, 0) is 11.3 Å². The molecule has 5 nitrogen and oxygen atoms in total. The molecule has 1 aromatic rings. The van der Waals surface area contributed by atoms with Gasteiger partial charge in [-0.05, 0) is 6.92 Å². The highest BCUT2D eigenvalue weighted by Crippen LogP contribution is 2.21. The number of carbonyl (C=O) groups is 1. The molecule has 2 heterocycles. The van der Waals surface area contributed by atoms with Crippen molar-refractivity contribution >= 4 is 5.91 Å². The molecule has 0 aromatic carbocycles. The van der Waals surface area contributed by atoms with E-state index in [2.05, 4.69) is 20.6 Å². The Morgan fingerprint density at radius 3 is 3.00 bits per heavy atom. The molecule has 0 unspecified atom stereocenters. The fourth-order valence-corrected chi connectivity index (χ4v) is 1.43. The van der Waals surface area contributed by atoms with Crippen LogP contribution in [0.4, 0.5) is 0 Å². The molecule has 0 atom stereocenters. The van der Waals surface area contributed by atoms with Crippen molar-refractivity contribution in [3.63, 3.8) is 0 Å².